The van der Waals surface area contributed by atoms with Crippen LogP contribution in [0.2, 0.25) is 0 Å². The van der Waals surface area contributed by atoms with E-state index in [1.807, 2.05) is 12.2 Å². The van der Waals surface area contributed by atoms with Crippen LogP contribution in [0.1, 0.15) is 19.3 Å². The van der Waals surface area contributed by atoms with E-state index in [2.05, 4.69) is 21.3 Å². The van der Waals surface area contributed by atoms with Crippen LogP contribution in [0.5, 0.6) is 11.5 Å². The van der Waals surface area contributed by atoms with E-state index in [1.54, 1.807) is 18.2 Å². The fraction of sp³-hybridized carbons (Fsp3) is 0.200. The number of hydrogen-bond donors (Lipinski definition) is 2. The lowest BCUT2D eigenvalue weighted by Gasteiger charge is -2.09. The molecular formula is C15H15N3O2. The number of hydrogen-bond acceptors (Lipinski definition) is 4. The van der Waals surface area contributed by atoms with Gasteiger partial charge in [0.05, 0.1) is 0 Å². The zero-order valence-electron chi connectivity index (χ0n) is 10.9. The monoisotopic (exact) mass is 269 g/mol. The molecule has 0 fully saturated rings. The Hall–Kier alpha value is -2.56. The van der Waals surface area contributed by atoms with Gasteiger partial charge in [0.15, 0.2) is 17.3 Å². The predicted molar refractivity (Wildman–Crippen MR) is 75.2 cm³/mol. The molecule has 5 nitrogen and oxygen atoms in total. The lowest BCUT2D eigenvalue weighted by molar-refractivity contribution is 0.391. The lowest BCUT2D eigenvalue weighted by atomic mass is 10.2. The zero-order valence-corrected chi connectivity index (χ0v) is 10.9. The minimum Gasteiger partial charge on any atom is -0.504 e. The van der Waals surface area contributed by atoms with Gasteiger partial charge in [0.1, 0.15) is 12.1 Å². The van der Waals surface area contributed by atoms with E-state index in [0.29, 0.717) is 11.6 Å². The molecule has 1 aliphatic rings. The second-order valence-electron chi connectivity index (χ2n) is 4.56. The van der Waals surface area contributed by atoms with Gasteiger partial charge in [-0.15, -0.1) is 0 Å². The van der Waals surface area contributed by atoms with E-state index in [9.17, 15) is 5.11 Å². The molecule has 2 aromatic rings. The maximum absolute atomic E-state index is 9.91. The summed E-state index contributed by atoms with van der Waals surface area (Å²) in [6, 6.07) is 5.10. The van der Waals surface area contributed by atoms with Crippen molar-refractivity contribution < 1.29 is 9.84 Å². The Balaban J connectivity index is 1.89. The molecule has 0 unspecified atom stereocenters. The lowest BCUT2D eigenvalue weighted by Crippen LogP contribution is -1.93. The second-order valence-corrected chi connectivity index (χ2v) is 4.56. The molecule has 0 amide bonds. The highest BCUT2D eigenvalue weighted by Gasteiger charge is 2.09. The van der Waals surface area contributed by atoms with E-state index in [0.717, 1.165) is 30.6 Å². The molecule has 1 aromatic carbocycles. The highest BCUT2D eigenvalue weighted by atomic mass is 16.5. The third-order valence-electron chi connectivity index (χ3n) is 3.08. The Kier molecular flexibility index (Phi) is 3.50. The van der Waals surface area contributed by atoms with Gasteiger partial charge in [-0.2, -0.15) is 5.10 Å². The highest BCUT2D eigenvalue weighted by molar-refractivity contribution is 5.60. The number of ether oxygens (including phenoxy) is 1. The number of allylic oxidation sites excluding steroid dienone is 3. The van der Waals surface area contributed by atoms with Crippen LogP contribution in [-0.4, -0.2) is 20.3 Å². The quantitative estimate of drug-likeness (QED) is 0.897. The first kappa shape index (κ1) is 12.5. The van der Waals surface area contributed by atoms with Crippen molar-refractivity contribution in [2.45, 2.75) is 19.3 Å². The summed E-state index contributed by atoms with van der Waals surface area (Å²) >= 11 is 0. The van der Waals surface area contributed by atoms with E-state index in [4.69, 9.17) is 4.74 Å². The van der Waals surface area contributed by atoms with Crippen molar-refractivity contribution in [1.29, 1.82) is 0 Å². The van der Waals surface area contributed by atoms with Crippen LogP contribution in [-0.2, 0) is 0 Å². The molecule has 1 aliphatic carbocycles. The van der Waals surface area contributed by atoms with Gasteiger partial charge in [0.2, 0.25) is 0 Å². The Morgan fingerprint density at radius 1 is 1.25 bits per heavy atom. The van der Waals surface area contributed by atoms with E-state index in [-0.39, 0.29) is 5.75 Å². The Morgan fingerprint density at radius 2 is 2.20 bits per heavy atom. The summed E-state index contributed by atoms with van der Waals surface area (Å²) in [5.74, 6) is 1.91. The molecule has 0 saturated heterocycles. The summed E-state index contributed by atoms with van der Waals surface area (Å²) in [4.78, 5) is 4.09. The fourth-order valence-corrected chi connectivity index (χ4v) is 2.04. The second kappa shape index (κ2) is 5.61. The molecule has 0 aliphatic heterocycles. The number of phenols is 1. The van der Waals surface area contributed by atoms with E-state index < -0.39 is 0 Å². The minimum absolute atomic E-state index is 0.104. The van der Waals surface area contributed by atoms with Crippen LogP contribution in [0.4, 0.5) is 0 Å². The zero-order chi connectivity index (χ0) is 13.8. The molecular weight excluding hydrogens is 254 g/mol. The molecule has 0 spiro atoms. The topological polar surface area (TPSA) is 71.0 Å². The van der Waals surface area contributed by atoms with Crippen molar-refractivity contribution in [3.8, 4) is 22.9 Å². The van der Waals surface area contributed by atoms with Crippen molar-refractivity contribution in [3.05, 3.63) is 48.5 Å². The molecule has 0 saturated carbocycles. The molecule has 2 N–H and O–H groups in total. The SMILES string of the molecule is Oc1ccc(-c2ncn[nH]2)cc1OC1=CCCCC=C1. The number of H-pyrrole nitrogens is 1. The van der Waals surface area contributed by atoms with Gasteiger partial charge in [-0.05, 0) is 49.6 Å². The molecule has 0 bridgehead atoms. The molecule has 1 heterocycles. The Bertz CT molecular complexity index is 645. The van der Waals surface area contributed by atoms with Crippen LogP contribution < -0.4 is 4.74 Å². The van der Waals surface area contributed by atoms with Gasteiger partial charge in [-0.1, -0.05) is 6.08 Å². The van der Waals surface area contributed by atoms with Crippen molar-refractivity contribution >= 4 is 0 Å². The van der Waals surface area contributed by atoms with Gasteiger partial charge in [-0.25, -0.2) is 4.98 Å². The molecule has 0 atom stereocenters. The summed E-state index contributed by atoms with van der Waals surface area (Å²) in [6.07, 6.45) is 10.6. The first-order valence-corrected chi connectivity index (χ1v) is 6.56. The Labute approximate surface area is 116 Å². The minimum atomic E-state index is 0.104. The van der Waals surface area contributed by atoms with Crippen LogP contribution in [0.25, 0.3) is 11.4 Å². The summed E-state index contributed by atoms with van der Waals surface area (Å²) in [6.45, 7) is 0. The number of aromatic nitrogens is 3. The van der Waals surface area contributed by atoms with Crippen LogP contribution in [0.3, 0.4) is 0 Å². The molecule has 5 heteroatoms. The summed E-state index contributed by atoms with van der Waals surface area (Å²) in [5, 5.41) is 16.5. The van der Waals surface area contributed by atoms with Crippen LogP contribution >= 0.6 is 0 Å². The fourth-order valence-electron chi connectivity index (χ4n) is 2.04. The van der Waals surface area contributed by atoms with Gasteiger partial charge >= 0.3 is 0 Å². The van der Waals surface area contributed by atoms with Gasteiger partial charge in [-0.3, -0.25) is 5.10 Å². The van der Waals surface area contributed by atoms with Crippen molar-refractivity contribution in [3.63, 3.8) is 0 Å². The third-order valence-corrected chi connectivity index (χ3v) is 3.08. The molecule has 1 aromatic heterocycles. The van der Waals surface area contributed by atoms with Crippen LogP contribution in [0, 0.1) is 0 Å². The van der Waals surface area contributed by atoms with Crippen molar-refractivity contribution in [2.24, 2.45) is 0 Å². The Morgan fingerprint density at radius 3 is 3.05 bits per heavy atom. The van der Waals surface area contributed by atoms with Crippen molar-refractivity contribution in [1.82, 2.24) is 15.2 Å². The first-order chi connectivity index (χ1) is 9.83. The molecule has 0 radical (unpaired) electrons. The smallest absolute Gasteiger partial charge is 0.169 e. The third kappa shape index (κ3) is 2.71. The molecule has 102 valence electrons. The number of nitrogens with one attached hydrogen (secondary N) is 1. The average molecular weight is 269 g/mol. The van der Waals surface area contributed by atoms with E-state index in [1.165, 1.54) is 6.33 Å². The summed E-state index contributed by atoms with van der Waals surface area (Å²) in [5.41, 5.74) is 0.813. The first-order valence-electron chi connectivity index (χ1n) is 6.56. The highest BCUT2D eigenvalue weighted by Crippen LogP contribution is 2.32. The predicted octanol–water partition coefficient (Wildman–Crippen LogP) is 3.18. The molecule has 20 heavy (non-hydrogen) atoms. The number of phenolic OH excluding ortho intramolecular Hbond substituents is 1. The maximum Gasteiger partial charge on any atom is 0.169 e. The summed E-state index contributed by atoms with van der Waals surface area (Å²) < 4.78 is 5.77. The normalized spacial score (nSPS) is 14.7. The number of benzene rings is 1. The maximum atomic E-state index is 9.91. The number of nitrogens with zero attached hydrogens (tertiary/aromatic N) is 2. The summed E-state index contributed by atoms with van der Waals surface area (Å²) in [7, 11) is 0. The van der Waals surface area contributed by atoms with Gasteiger partial charge in [0, 0.05) is 5.56 Å². The average Bonchev–Trinajstić information content (AvgIpc) is 2.87. The standard InChI is InChI=1S/C15H15N3O2/c19-13-8-7-11(15-16-10-17-18-15)9-14(13)20-12-5-3-1-2-4-6-12/h3,5-10,19H,1-2,4H2,(H,16,17,18). The van der Waals surface area contributed by atoms with E-state index >= 15 is 0 Å². The van der Waals surface area contributed by atoms with Crippen LogP contribution in [0.15, 0.2) is 48.5 Å². The molecule has 3 rings (SSSR count). The van der Waals surface area contributed by atoms with Gasteiger partial charge in [0.25, 0.3) is 0 Å². The van der Waals surface area contributed by atoms with Gasteiger partial charge < -0.3 is 9.84 Å². The number of aromatic amines is 1. The largest absolute Gasteiger partial charge is 0.504 e. The number of aromatic hydroxyl groups is 1. The van der Waals surface area contributed by atoms with Crippen molar-refractivity contribution in [2.75, 3.05) is 0 Å². The number of rotatable bonds is 3.